The van der Waals surface area contributed by atoms with Gasteiger partial charge in [-0.1, -0.05) is 12.1 Å². The molecular weight excluding hydrogens is 268 g/mol. The molecular formula is C16H16N2O3. The highest BCUT2D eigenvalue weighted by Gasteiger charge is 2.19. The van der Waals surface area contributed by atoms with E-state index in [9.17, 15) is 14.7 Å². The number of aromatic nitrogens is 1. The number of nitrogens with one attached hydrogen (secondary N) is 2. The summed E-state index contributed by atoms with van der Waals surface area (Å²) in [5.74, 6) is -0.536. The summed E-state index contributed by atoms with van der Waals surface area (Å²) in [6.45, 7) is 0. The largest absolute Gasteiger partial charge is 0.506 e. The van der Waals surface area contributed by atoms with Crippen molar-refractivity contribution in [2.24, 2.45) is 0 Å². The molecule has 3 N–H and O–H groups in total. The van der Waals surface area contributed by atoms with E-state index < -0.39 is 5.91 Å². The van der Waals surface area contributed by atoms with Gasteiger partial charge in [0, 0.05) is 17.5 Å². The number of anilines is 1. The standard InChI is InChI=1S/C16H16N2O3/c19-14-8-4-3-7-13(14)18-16(21)11-9-17-12-6-2-1-5-10(12)15(11)20/h3-4,7-9,19H,1-2,5-6H2,(H,17,20)(H,18,21). The zero-order valence-electron chi connectivity index (χ0n) is 11.5. The van der Waals surface area contributed by atoms with Crippen LogP contribution >= 0.6 is 0 Å². The van der Waals surface area contributed by atoms with Crippen molar-refractivity contribution >= 4 is 11.6 Å². The van der Waals surface area contributed by atoms with Crippen LogP contribution in [0.25, 0.3) is 0 Å². The number of H-pyrrole nitrogens is 1. The van der Waals surface area contributed by atoms with E-state index in [2.05, 4.69) is 10.3 Å². The Morgan fingerprint density at radius 2 is 1.95 bits per heavy atom. The highest BCUT2D eigenvalue weighted by atomic mass is 16.3. The first-order valence-corrected chi connectivity index (χ1v) is 6.99. The maximum absolute atomic E-state index is 12.4. The summed E-state index contributed by atoms with van der Waals surface area (Å²) in [6, 6.07) is 6.43. The van der Waals surface area contributed by atoms with Gasteiger partial charge in [0.05, 0.1) is 5.69 Å². The third-order valence-electron chi connectivity index (χ3n) is 3.77. The maximum Gasteiger partial charge on any atom is 0.261 e. The lowest BCUT2D eigenvalue weighted by Crippen LogP contribution is -2.27. The first kappa shape index (κ1) is 13.4. The molecule has 0 saturated carbocycles. The second-order valence-corrected chi connectivity index (χ2v) is 5.17. The Morgan fingerprint density at radius 3 is 2.76 bits per heavy atom. The summed E-state index contributed by atoms with van der Waals surface area (Å²) in [5, 5.41) is 12.2. The molecule has 0 spiro atoms. The van der Waals surface area contributed by atoms with Crippen molar-refractivity contribution in [3.05, 3.63) is 57.5 Å². The van der Waals surface area contributed by atoms with Gasteiger partial charge in [0.15, 0.2) is 5.43 Å². The number of pyridine rings is 1. The van der Waals surface area contributed by atoms with E-state index in [0.717, 1.165) is 25.0 Å². The molecule has 5 nitrogen and oxygen atoms in total. The molecule has 3 rings (SSSR count). The van der Waals surface area contributed by atoms with Crippen molar-refractivity contribution in [2.75, 3.05) is 5.32 Å². The minimum absolute atomic E-state index is 0.0276. The van der Waals surface area contributed by atoms with Crippen LogP contribution in [0.5, 0.6) is 5.75 Å². The number of carbonyl (C=O) groups is 1. The fourth-order valence-corrected chi connectivity index (χ4v) is 2.64. The highest BCUT2D eigenvalue weighted by Crippen LogP contribution is 2.22. The lowest BCUT2D eigenvalue weighted by Gasteiger charge is -2.15. The van der Waals surface area contributed by atoms with Gasteiger partial charge in [-0.3, -0.25) is 9.59 Å². The molecule has 21 heavy (non-hydrogen) atoms. The van der Waals surface area contributed by atoms with E-state index in [1.165, 1.54) is 12.3 Å². The van der Waals surface area contributed by atoms with Crippen LogP contribution in [0.4, 0.5) is 5.69 Å². The predicted octanol–water partition coefficient (Wildman–Crippen LogP) is 2.21. The predicted molar refractivity (Wildman–Crippen MR) is 79.8 cm³/mol. The number of aromatic amines is 1. The van der Waals surface area contributed by atoms with Gasteiger partial charge in [-0.2, -0.15) is 0 Å². The number of rotatable bonds is 2. The van der Waals surface area contributed by atoms with Crippen LogP contribution in [0.1, 0.15) is 34.5 Å². The number of para-hydroxylation sites is 2. The van der Waals surface area contributed by atoms with Gasteiger partial charge in [-0.25, -0.2) is 0 Å². The van der Waals surface area contributed by atoms with Crippen molar-refractivity contribution < 1.29 is 9.90 Å². The molecule has 0 aliphatic heterocycles. The fourth-order valence-electron chi connectivity index (χ4n) is 2.64. The van der Waals surface area contributed by atoms with Gasteiger partial charge in [0.2, 0.25) is 0 Å². The number of amides is 1. The van der Waals surface area contributed by atoms with E-state index in [-0.39, 0.29) is 16.7 Å². The topological polar surface area (TPSA) is 82.2 Å². The van der Waals surface area contributed by atoms with Gasteiger partial charge in [-0.05, 0) is 37.8 Å². The molecule has 1 aliphatic rings. The van der Waals surface area contributed by atoms with Crippen LogP contribution in [0, 0.1) is 0 Å². The van der Waals surface area contributed by atoms with Crippen molar-refractivity contribution in [1.29, 1.82) is 0 Å². The lowest BCUT2D eigenvalue weighted by molar-refractivity contribution is 0.102. The Hall–Kier alpha value is -2.56. The van der Waals surface area contributed by atoms with Gasteiger partial charge >= 0.3 is 0 Å². The minimum atomic E-state index is -0.508. The average molecular weight is 284 g/mol. The first-order chi connectivity index (χ1) is 10.2. The molecule has 0 unspecified atom stereocenters. The van der Waals surface area contributed by atoms with Crippen molar-refractivity contribution in [2.45, 2.75) is 25.7 Å². The van der Waals surface area contributed by atoms with Crippen LogP contribution in [0.3, 0.4) is 0 Å². The summed E-state index contributed by atoms with van der Waals surface area (Å²) < 4.78 is 0. The zero-order valence-corrected chi connectivity index (χ0v) is 11.5. The van der Waals surface area contributed by atoms with Crippen LogP contribution in [0.2, 0.25) is 0 Å². The molecule has 1 aromatic carbocycles. The molecule has 5 heteroatoms. The molecule has 0 saturated heterocycles. The number of benzene rings is 1. The first-order valence-electron chi connectivity index (χ1n) is 6.99. The van der Waals surface area contributed by atoms with E-state index in [1.54, 1.807) is 18.2 Å². The third kappa shape index (κ3) is 2.54. The smallest absolute Gasteiger partial charge is 0.261 e. The van der Waals surface area contributed by atoms with Gasteiger partial charge in [0.1, 0.15) is 11.3 Å². The molecule has 1 amide bonds. The fraction of sp³-hybridized carbons (Fsp3) is 0.250. The third-order valence-corrected chi connectivity index (χ3v) is 3.77. The normalized spacial score (nSPS) is 13.5. The van der Waals surface area contributed by atoms with Crippen LogP contribution in [-0.4, -0.2) is 16.0 Å². The molecule has 0 fully saturated rings. The van der Waals surface area contributed by atoms with Gasteiger partial charge in [0.25, 0.3) is 5.91 Å². The quantitative estimate of drug-likeness (QED) is 0.739. The summed E-state index contributed by atoms with van der Waals surface area (Å²) in [5.41, 5.74) is 1.81. The molecule has 0 bridgehead atoms. The summed E-state index contributed by atoms with van der Waals surface area (Å²) in [4.78, 5) is 27.7. The number of aryl methyl sites for hydroxylation is 1. The molecule has 108 valence electrons. The monoisotopic (exact) mass is 284 g/mol. The lowest BCUT2D eigenvalue weighted by atomic mass is 9.94. The Morgan fingerprint density at radius 1 is 1.19 bits per heavy atom. The maximum atomic E-state index is 12.4. The molecule has 0 radical (unpaired) electrons. The molecule has 2 aromatic rings. The van der Waals surface area contributed by atoms with Crippen molar-refractivity contribution in [3.8, 4) is 5.75 Å². The van der Waals surface area contributed by atoms with E-state index in [4.69, 9.17) is 0 Å². The zero-order chi connectivity index (χ0) is 14.8. The molecule has 1 aromatic heterocycles. The minimum Gasteiger partial charge on any atom is -0.506 e. The number of fused-ring (bicyclic) bond motifs is 1. The van der Waals surface area contributed by atoms with Crippen LogP contribution < -0.4 is 10.7 Å². The number of carbonyl (C=O) groups excluding carboxylic acids is 1. The van der Waals surface area contributed by atoms with E-state index in [0.29, 0.717) is 17.7 Å². The van der Waals surface area contributed by atoms with Crippen molar-refractivity contribution in [1.82, 2.24) is 4.98 Å². The Kier molecular flexibility index (Phi) is 3.48. The second-order valence-electron chi connectivity index (χ2n) is 5.17. The number of hydrogen-bond donors (Lipinski definition) is 3. The highest BCUT2D eigenvalue weighted by molar-refractivity contribution is 6.04. The van der Waals surface area contributed by atoms with Crippen LogP contribution in [0.15, 0.2) is 35.3 Å². The Balaban J connectivity index is 1.92. The summed E-state index contributed by atoms with van der Waals surface area (Å²) in [7, 11) is 0. The average Bonchev–Trinajstić information content (AvgIpc) is 2.50. The number of phenols is 1. The summed E-state index contributed by atoms with van der Waals surface area (Å²) in [6.07, 6.45) is 5.06. The number of aromatic hydroxyl groups is 1. The molecule has 1 aliphatic carbocycles. The van der Waals surface area contributed by atoms with E-state index in [1.807, 2.05) is 0 Å². The van der Waals surface area contributed by atoms with Crippen molar-refractivity contribution in [3.63, 3.8) is 0 Å². The Labute approximate surface area is 121 Å². The summed E-state index contributed by atoms with van der Waals surface area (Å²) >= 11 is 0. The van der Waals surface area contributed by atoms with E-state index >= 15 is 0 Å². The number of hydrogen-bond acceptors (Lipinski definition) is 3. The molecule has 0 atom stereocenters. The molecule has 1 heterocycles. The SMILES string of the molecule is O=C(Nc1ccccc1O)c1c[nH]c2c(c1=O)CCCC2. The van der Waals surface area contributed by atoms with Crippen LogP contribution in [-0.2, 0) is 12.8 Å². The van der Waals surface area contributed by atoms with Gasteiger partial charge < -0.3 is 15.4 Å². The second kappa shape index (κ2) is 5.44. The Bertz CT molecular complexity index is 749. The number of phenolic OH excluding ortho intramolecular Hbond substituents is 1. The van der Waals surface area contributed by atoms with Gasteiger partial charge in [-0.15, -0.1) is 0 Å².